The van der Waals surface area contributed by atoms with Gasteiger partial charge in [0, 0.05) is 6.04 Å². The molecule has 1 fully saturated rings. The molecule has 2 heteroatoms. The van der Waals surface area contributed by atoms with Crippen LogP contribution in [0.5, 0.6) is 0 Å². The molecule has 0 saturated heterocycles. The van der Waals surface area contributed by atoms with Gasteiger partial charge >= 0.3 is 0 Å². The average Bonchev–Trinajstić information content (AvgIpc) is 2.65. The van der Waals surface area contributed by atoms with Crippen LogP contribution in [0.1, 0.15) is 32.6 Å². The molecule has 1 aliphatic rings. The third kappa shape index (κ3) is 3.09. The second-order valence-corrected chi connectivity index (χ2v) is 3.43. The predicted octanol–water partition coefficient (Wildman–Crippen LogP) is 1.78. The molecular weight excluding hydrogens is 160 g/mol. The molecule has 1 rings (SSSR count). The molecular formula is C11H16N2. The molecule has 13 heavy (non-hydrogen) atoms. The van der Waals surface area contributed by atoms with Gasteiger partial charge in [0.2, 0.25) is 0 Å². The Bertz CT molecular complexity index is 235. The van der Waals surface area contributed by atoms with Crippen molar-refractivity contribution in [2.45, 2.75) is 38.6 Å². The van der Waals surface area contributed by atoms with Crippen LogP contribution in [-0.4, -0.2) is 24.0 Å². The Balaban J connectivity index is 2.44. The van der Waals surface area contributed by atoms with Crippen LogP contribution in [0.4, 0.5) is 0 Å². The SMILES string of the molecule is CC#CCN(CC#N)C1CCCC1. The zero-order chi connectivity index (χ0) is 9.52. The van der Waals surface area contributed by atoms with E-state index < -0.39 is 0 Å². The first-order valence-electron chi connectivity index (χ1n) is 4.89. The van der Waals surface area contributed by atoms with Crippen LogP contribution >= 0.6 is 0 Å². The van der Waals surface area contributed by atoms with Gasteiger partial charge in [-0.3, -0.25) is 4.90 Å². The maximum absolute atomic E-state index is 8.66. The zero-order valence-electron chi connectivity index (χ0n) is 8.21. The Morgan fingerprint density at radius 2 is 2.00 bits per heavy atom. The highest BCUT2D eigenvalue weighted by atomic mass is 15.1. The summed E-state index contributed by atoms with van der Waals surface area (Å²) in [4.78, 5) is 2.20. The Labute approximate surface area is 80.5 Å². The standard InChI is InChI=1S/C11H16N2/c1-2-3-9-13(10-8-12)11-6-4-5-7-11/h11H,4-7,9-10H2,1H3. The number of nitrogens with zero attached hydrogens (tertiary/aromatic N) is 2. The van der Waals surface area contributed by atoms with Crippen molar-refractivity contribution in [3.63, 3.8) is 0 Å². The van der Waals surface area contributed by atoms with Crippen LogP contribution in [0.25, 0.3) is 0 Å². The lowest BCUT2D eigenvalue weighted by Gasteiger charge is -2.23. The van der Waals surface area contributed by atoms with Crippen molar-refractivity contribution in [2.75, 3.05) is 13.1 Å². The maximum Gasteiger partial charge on any atom is 0.0876 e. The van der Waals surface area contributed by atoms with Gasteiger partial charge in [0.25, 0.3) is 0 Å². The minimum Gasteiger partial charge on any atom is -0.276 e. The summed E-state index contributed by atoms with van der Waals surface area (Å²) in [5.74, 6) is 5.91. The molecule has 0 bridgehead atoms. The van der Waals surface area contributed by atoms with Crippen LogP contribution in [0.3, 0.4) is 0 Å². The summed E-state index contributed by atoms with van der Waals surface area (Å²) in [6.07, 6.45) is 5.11. The molecule has 70 valence electrons. The zero-order valence-corrected chi connectivity index (χ0v) is 8.21. The second-order valence-electron chi connectivity index (χ2n) is 3.43. The van der Waals surface area contributed by atoms with Crippen molar-refractivity contribution < 1.29 is 0 Å². The lowest BCUT2D eigenvalue weighted by Crippen LogP contribution is -2.33. The number of hydrogen-bond donors (Lipinski definition) is 0. The molecule has 0 aliphatic heterocycles. The molecule has 0 aromatic rings. The van der Waals surface area contributed by atoms with Gasteiger partial charge in [0.1, 0.15) is 0 Å². The molecule has 1 saturated carbocycles. The summed E-state index contributed by atoms with van der Waals surface area (Å²) in [6, 6.07) is 2.82. The van der Waals surface area contributed by atoms with E-state index in [4.69, 9.17) is 5.26 Å². The molecule has 0 amide bonds. The molecule has 0 radical (unpaired) electrons. The number of rotatable bonds is 3. The predicted molar refractivity (Wildman–Crippen MR) is 52.9 cm³/mol. The maximum atomic E-state index is 8.66. The van der Waals surface area contributed by atoms with Crippen molar-refractivity contribution in [3.8, 4) is 17.9 Å². The third-order valence-corrected chi connectivity index (χ3v) is 2.57. The van der Waals surface area contributed by atoms with E-state index >= 15 is 0 Å². The molecule has 0 unspecified atom stereocenters. The summed E-state index contributed by atoms with van der Waals surface area (Å²) in [7, 11) is 0. The van der Waals surface area contributed by atoms with Gasteiger partial charge < -0.3 is 0 Å². The van der Waals surface area contributed by atoms with Crippen LogP contribution < -0.4 is 0 Å². The minimum atomic E-state index is 0.527. The summed E-state index contributed by atoms with van der Waals surface area (Å²) in [6.45, 7) is 3.13. The van der Waals surface area contributed by atoms with E-state index in [1.165, 1.54) is 25.7 Å². The highest BCUT2D eigenvalue weighted by molar-refractivity contribution is 5.00. The van der Waals surface area contributed by atoms with E-state index in [1.807, 2.05) is 6.92 Å². The van der Waals surface area contributed by atoms with E-state index in [-0.39, 0.29) is 0 Å². The van der Waals surface area contributed by atoms with E-state index in [0.29, 0.717) is 12.6 Å². The molecule has 0 N–H and O–H groups in total. The van der Waals surface area contributed by atoms with Gasteiger partial charge in [-0.2, -0.15) is 5.26 Å². The topological polar surface area (TPSA) is 27.0 Å². The van der Waals surface area contributed by atoms with Gasteiger partial charge in [-0.1, -0.05) is 18.8 Å². The van der Waals surface area contributed by atoms with E-state index in [0.717, 1.165) is 6.54 Å². The van der Waals surface area contributed by atoms with Gasteiger partial charge in [0.15, 0.2) is 0 Å². The number of nitriles is 1. The largest absolute Gasteiger partial charge is 0.276 e. The van der Waals surface area contributed by atoms with Crippen molar-refractivity contribution >= 4 is 0 Å². The Hall–Kier alpha value is -0.990. The van der Waals surface area contributed by atoms with Crippen molar-refractivity contribution in [1.82, 2.24) is 4.90 Å². The Morgan fingerprint density at radius 1 is 1.31 bits per heavy atom. The van der Waals surface area contributed by atoms with Gasteiger partial charge in [-0.05, 0) is 19.8 Å². The van der Waals surface area contributed by atoms with Crippen LogP contribution in [0.2, 0.25) is 0 Å². The highest BCUT2D eigenvalue weighted by Gasteiger charge is 2.21. The lowest BCUT2D eigenvalue weighted by molar-refractivity contribution is 0.250. The molecule has 1 aliphatic carbocycles. The normalized spacial score (nSPS) is 16.7. The first-order chi connectivity index (χ1) is 6.38. The summed E-state index contributed by atoms with van der Waals surface area (Å²) >= 11 is 0. The fourth-order valence-electron chi connectivity index (χ4n) is 1.85. The molecule has 0 spiro atoms. The Morgan fingerprint density at radius 3 is 2.54 bits per heavy atom. The molecule has 2 nitrogen and oxygen atoms in total. The summed E-state index contributed by atoms with van der Waals surface area (Å²) < 4.78 is 0. The average molecular weight is 176 g/mol. The number of hydrogen-bond acceptors (Lipinski definition) is 2. The van der Waals surface area contributed by atoms with Crippen LogP contribution in [-0.2, 0) is 0 Å². The first kappa shape index (κ1) is 10.1. The second kappa shape index (κ2) is 5.62. The Kier molecular flexibility index (Phi) is 4.36. The van der Waals surface area contributed by atoms with Gasteiger partial charge in [-0.25, -0.2) is 0 Å². The molecule has 0 aromatic carbocycles. The van der Waals surface area contributed by atoms with E-state index in [9.17, 15) is 0 Å². The van der Waals surface area contributed by atoms with Crippen molar-refractivity contribution in [3.05, 3.63) is 0 Å². The first-order valence-corrected chi connectivity index (χ1v) is 4.89. The quantitative estimate of drug-likeness (QED) is 0.484. The lowest BCUT2D eigenvalue weighted by atomic mass is 10.2. The minimum absolute atomic E-state index is 0.527. The monoisotopic (exact) mass is 176 g/mol. The fraction of sp³-hybridized carbons (Fsp3) is 0.727. The molecule has 0 heterocycles. The smallest absolute Gasteiger partial charge is 0.0876 e. The fourth-order valence-corrected chi connectivity index (χ4v) is 1.85. The summed E-state index contributed by atoms with van der Waals surface area (Å²) in [5, 5.41) is 8.66. The summed E-state index contributed by atoms with van der Waals surface area (Å²) in [5.41, 5.74) is 0. The van der Waals surface area contributed by atoms with Gasteiger partial charge in [0.05, 0.1) is 19.2 Å². The van der Waals surface area contributed by atoms with Crippen LogP contribution in [0.15, 0.2) is 0 Å². The highest BCUT2D eigenvalue weighted by Crippen LogP contribution is 2.22. The van der Waals surface area contributed by atoms with E-state index in [2.05, 4.69) is 22.8 Å². The molecule has 0 atom stereocenters. The van der Waals surface area contributed by atoms with Crippen LogP contribution in [0, 0.1) is 23.2 Å². The molecule has 0 aromatic heterocycles. The van der Waals surface area contributed by atoms with E-state index in [1.54, 1.807) is 0 Å². The van der Waals surface area contributed by atoms with Crippen molar-refractivity contribution in [2.24, 2.45) is 0 Å². The van der Waals surface area contributed by atoms with Gasteiger partial charge in [-0.15, -0.1) is 5.92 Å². The van der Waals surface area contributed by atoms with Crippen molar-refractivity contribution in [1.29, 1.82) is 5.26 Å². The third-order valence-electron chi connectivity index (χ3n) is 2.57.